The van der Waals surface area contributed by atoms with Gasteiger partial charge in [-0.1, -0.05) is 38.1 Å². The molecule has 3 rings (SSSR count). The van der Waals surface area contributed by atoms with Gasteiger partial charge < -0.3 is 56.6 Å². The zero-order valence-electron chi connectivity index (χ0n) is 31.0. The molecule has 9 N–H and O–H groups in total. The highest BCUT2D eigenvalue weighted by molar-refractivity contribution is 6.32. The Morgan fingerprint density at radius 3 is 2.29 bits per heavy atom. The lowest BCUT2D eigenvalue weighted by Crippen LogP contribution is -2.64. The largest absolute Gasteiger partial charge is 0.503 e. The van der Waals surface area contributed by atoms with Gasteiger partial charge in [0, 0.05) is 12.7 Å². The Morgan fingerprint density at radius 1 is 1.09 bits per heavy atom. The number of allylic oxidation sites excluding steroid dienone is 1. The number of aliphatic carboxylic acids is 2. The number of carboxylic acid groups (broad SMARTS) is 2. The Labute approximate surface area is 321 Å². The summed E-state index contributed by atoms with van der Waals surface area (Å²) in [7, 11) is 1.41. The quantitative estimate of drug-likeness (QED) is 0.111. The number of carbonyl (C=O) groups is 7. The van der Waals surface area contributed by atoms with Crippen LogP contribution >= 0.6 is 11.6 Å². The normalized spacial score (nSPS) is 24.8. The van der Waals surface area contributed by atoms with Crippen molar-refractivity contribution in [3.63, 3.8) is 0 Å². The number of hydrogen-bond acceptors (Lipinski definition) is 11. The molecule has 0 radical (unpaired) electrons. The average Bonchev–Trinajstić information content (AvgIpc) is 3.62. The number of carbonyl (C=O) groups excluding carboxylic acids is 5. The number of aromatic hydroxyl groups is 1. The summed E-state index contributed by atoms with van der Waals surface area (Å²) in [4.78, 5) is 91.9. The smallest absolute Gasteiger partial charge is 0.352 e. The van der Waals surface area contributed by atoms with Crippen molar-refractivity contribution in [2.45, 2.75) is 77.3 Å². The van der Waals surface area contributed by atoms with Crippen molar-refractivity contribution in [2.75, 3.05) is 13.6 Å². The number of hydrogen-bond donors (Lipinski definition) is 9. The van der Waals surface area contributed by atoms with E-state index in [4.69, 9.17) is 21.4 Å². The van der Waals surface area contributed by atoms with Gasteiger partial charge in [-0.25, -0.2) is 9.59 Å². The van der Waals surface area contributed by atoms with Crippen molar-refractivity contribution in [3.8, 4) is 11.5 Å². The molecule has 0 aromatic heterocycles. The van der Waals surface area contributed by atoms with Crippen LogP contribution in [0.4, 0.5) is 0 Å². The number of aliphatic hydroxyl groups is 1. The highest BCUT2D eigenvalue weighted by Crippen LogP contribution is 2.41. The van der Waals surface area contributed by atoms with Crippen LogP contribution in [0.15, 0.2) is 59.6 Å². The Balaban J connectivity index is 2.01. The van der Waals surface area contributed by atoms with E-state index in [1.165, 1.54) is 52.2 Å². The molecular weight excluding hydrogens is 744 g/mol. The lowest BCUT2D eigenvalue weighted by atomic mass is 9.90. The van der Waals surface area contributed by atoms with Crippen LogP contribution in [-0.4, -0.2) is 104 Å². The molecule has 19 heteroatoms. The molecule has 298 valence electrons. The van der Waals surface area contributed by atoms with Crippen LogP contribution < -0.4 is 31.3 Å². The van der Waals surface area contributed by atoms with Gasteiger partial charge in [0.25, 0.3) is 11.8 Å². The van der Waals surface area contributed by atoms with Crippen LogP contribution in [0.2, 0.25) is 5.02 Å². The fraction of sp³-hybridized carbons (Fsp3) is 0.417. The third kappa shape index (κ3) is 10.1. The molecule has 55 heavy (non-hydrogen) atoms. The molecule has 1 aromatic rings. The van der Waals surface area contributed by atoms with Crippen LogP contribution in [0.5, 0.6) is 11.5 Å². The molecule has 0 aliphatic carbocycles. The van der Waals surface area contributed by atoms with E-state index >= 15 is 0 Å². The third-order valence-corrected chi connectivity index (χ3v) is 9.51. The van der Waals surface area contributed by atoms with E-state index < -0.39 is 88.7 Å². The van der Waals surface area contributed by atoms with E-state index in [1.807, 2.05) is 5.32 Å². The molecule has 2 heterocycles. The lowest BCUT2D eigenvalue weighted by Gasteiger charge is -2.39. The summed E-state index contributed by atoms with van der Waals surface area (Å²) in [6, 6.07) is -1.80. The molecule has 6 atom stereocenters. The van der Waals surface area contributed by atoms with Crippen molar-refractivity contribution in [3.05, 3.63) is 70.2 Å². The average molecular weight is 789 g/mol. The standard InChI is InChI=1S/C36H45ClN6O12/c1-8-17(5)25(32(50)39-21(35(53)54)14-23(44)45)41-30(48)18-10-11-43(15-18)34(52)29-36(6,9-2)55-22-13-19(12-20(37)28(22)47)27(46)26(38-7)33(51)40-24(16(3)4)31(49)42-29/h10-14,18,24,26-27,29,38,46-47H,3,8-9,15H2,1-2,4-7H3,(H,39,50)(H,40,51)(H,41,48)(H,42,49)(H,44,45)(H,53,54)/b21-14+,25-17+/t18-,24+,26+,27+,29+,36-/m1/s1. The van der Waals surface area contributed by atoms with Crippen LogP contribution in [0.1, 0.15) is 59.1 Å². The van der Waals surface area contributed by atoms with Gasteiger partial charge in [0.2, 0.25) is 17.7 Å². The second kappa shape index (κ2) is 18.1. The Bertz CT molecular complexity index is 1880. The van der Waals surface area contributed by atoms with Crippen LogP contribution in [-0.2, 0) is 33.6 Å². The Hall–Kier alpha value is -5.72. The molecule has 2 bridgehead atoms. The number of halogens is 1. The molecule has 18 nitrogen and oxygen atoms in total. The topological polar surface area (TPSA) is 273 Å². The van der Waals surface area contributed by atoms with Crippen LogP contribution in [0.3, 0.4) is 0 Å². The molecule has 0 unspecified atom stereocenters. The van der Waals surface area contributed by atoms with E-state index in [1.54, 1.807) is 13.8 Å². The van der Waals surface area contributed by atoms with Gasteiger partial charge in [-0.15, -0.1) is 0 Å². The first-order valence-electron chi connectivity index (χ1n) is 17.0. The third-order valence-electron chi connectivity index (χ3n) is 9.22. The van der Waals surface area contributed by atoms with Gasteiger partial charge in [-0.3, -0.25) is 24.0 Å². The number of likely N-dealkylation sites (N-methyl/N-ethyl adjacent to an activating group) is 1. The highest BCUT2D eigenvalue weighted by atomic mass is 35.5. The van der Waals surface area contributed by atoms with Crippen molar-refractivity contribution in [2.24, 2.45) is 5.92 Å². The first-order valence-corrected chi connectivity index (χ1v) is 17.4. The zero-order chi connectivity index (χ0) is 41.5. The van der Waals surface area contributed by atoms with Crippen molar-refractivity contribution >= 4 is 53.1 Å². The fourth-order valence-corrected chi connectivity index (χ4v) is 5.87. The Morgan fingerprint density at radius 2 is 1.75 bits per heavy atom. The number of rotatable bonds is 11. The SMILES string of the molecule is C=C(C)[C@@H]1NC(=O)[C@@H](NC)[C@@H](O)c2cc(Cl)c(O)c(c2)O[C@](C)(CC)[C@H](C(=O)N2C=C[C@@H](C(=O)N/C(C(=O)N/C(=C/C(=O)O)C(=O)O)=C(\C)CC)C2)NC1=O. The summed E-state index contributed by atoms with van der Waals surface area (Å²) in [6.45, 7) is 11.3. The molecule has 2 aliphatic rings. The number of nitrogens with zero attached hydrogens (tertiary/aromatic N) is 1. The number of phenols is 1. The van der Waals surface area contributed by atoms with Gasteiger partial charge in [0.05, 0.1) is 17.0 Å². The van der Waals surface area contributed by atoms with Crippen molar-refractivity contribution in [1.82, 2.24) is 31.5 Å². The second-order valence-electron chi connectivity index (χ2n) is 13.2. The number of aliphatic hydroxyl groups excluding tert-OH is 1. The van der Waals surface area contributed by atoms with Gasteiger partial charge in [-0.05, 0) is 69.5 Å². The van der Waals surface area contributed by atoms with E-state index in [9.17, 15) is 48.9 Å². The number of amides is 5. The number of benzene rings is 1. The van der Waals surface area contributed by atoms with Gasteiger partial charge in [0.15, 0.2) is 11.5 Å². The summed E-state index contributed by atoms with van der Waals surface area (Å²) >= 11 is 6.32. The minimum atomic E-state index is -1.73. The molecule has 1 aromatic carbocycles. The molecule has 0 fully saturated rings. The zero-order valence-corrected chi connectivity index (χ0v) is 31.7. The van der Waals surface area contributed by atoms with E-state index in [0.717, 1.165) is 4.90 Å². The van der Waals surface area contributed by atoms with E-state index in [2.05, 4.69) is 27.8 Å². The van der Waals surface area contributed by atoms with Gasteiger partial charge in [-0.2, -0.15) is 0 Å². The van der Waals surface area contributed by atoms with Gasteiger partial charge >= 0.3 is 11.9 Å². The molecule has 2 aliphatic heterocycles. The maximum atomic E-state index is 14.4. The van der Waals surface area contributed by atoms with Crippen LogP contribution in [0.25, 0.3) is 0 Å². The van der Waals surface area contributed by atoms with E-state index in [0.29, 0.717) is 5.57 Å². The lowest BCUT2D eigenvalue weighted by molar-refractivity contribution is -0.141. The summed E-state index contributed by atoms with van der Waals surface area (Å²) in [5.41, 5.74) is -2.38. The summed E-state index contributed by atoms with van der Waals surface area (Å²) in [5.74, 6) is -9.60. The molecule has 0 saturated heterocycles. The monoisotopic (exact) mass is 788 g/mol. The minimum Gasteiger partial charge on any atom is -0.503 e. The summed E-state index contributed by atoms with van der Waals surface area (Å²) in [5, 5.41) is 52.5. The first-order chi connectivity index (χ1) is 25.7. The maximum absolute atomic E-state index is 14.4. The van der Waals surface area contributed by atoms with Crippen LogP contribution in [0, 0.1) is 5.92 Å². The predicted octanol–water partition coefficient (Wildman–Crippen LogP) is 0.715. The predicted molar refractivity (Wildman–Crippen MR) is 196 cm³/mol. The van der Waals surface area contributed by atoms with Crippen molar-refractivity contribution in [1.29, 1.82) is 0 Å². The number of carboxylic acids is 2. The summed E-state index contributed by atoms with van der Waals surface area (Å²) < 4.78 is 6.27. The summed E-state index contributed by atoms with van der Waals surface area (Å²) in [6.07, 6.45) is 1.62. The first kappa shape index (κ1) is 43.7. The molecule has 5 amide bonds. The highest BCUT2D eigenvalue weighted by Gasteiger charge is 2.46. The number of nitrogens with one attached hydrogen (secondary N) is 5. The fourth-order valence-electron chi connectivity index (χ4n) is 5.65. The molecule has 0 spiro atoms. The van der Waals surface area contributed by atoms with Gasteiger partial charge in [0.1, 0.15) is 41.2 Å². The minimum absolute atomic E-state index is 0.0203. The Kier molecular flexibility index (Phi) is 14.4. The molecule has 0 saturated carbocycles. The second-order valence-corrected chi connectivity index (χ2v) is 13.6. The van der Waals surface area contributed by atoms with E-state index in [-0.39, 0.29) is 53.1 Å². The number of phenolic OH excluding ortho intramolecular Hbond substituents is 1. The molecular formula is C36H45ClN6O12. The number of ether oxygens (including phenoxy) is 1. The van der Waals surface area contributed by atoms with Crippen molar-refractivity contribution < 1.29 is 58.7 Å². The maximum Gasteiger partial charge on any atom is 0.352 e. The number of fused-ring (bicyclic) bond motifs is 2.